The molecule has 1 rings (SSSR count). The number of rotatable bonds is 2. The Balaban J connectivity index is 2.47. The number of piperazine rings is 1. The minimum Gasteiger partial charge on any atom is -0.383 e. The second-order valence-electron chi connectivity index (χ2n) is 4.43. The minimum absolute atomic E-state index is 0.596. The molecule has 0 aromatic rings. The fraction of sp³-hybridized carbons (Fsp3) is 1.00. The zero-order valence-corrected chi connectivity index (χ0v) is 8.71. The van der Waals surface area contributed by atoms with Crippen LogP contribution < -0.4 is 0 Å². The summed E-state index contributed by atoms with van der Waals surface area (Å²) in [5, 5.41) is 0. The number of hydrogen-bond donors (Lipinski definition) is 0. The highest BCUT2D eigenvalue weighted by Crippen LogP contribution is 2.11. The van der Waals surface area contributed by atoms with Gasteiger partial charge >= 0.3 is 0 Å². The molecule has 1 heterocycles. The van der Waals surface area contributed by atoms with Gasteiger partial charge in [-0.3, -0.25) is 4.90 Å². The Morgan fingerprint density at radius 2 is 2.17 bits per heavy atom. The summed E-state index contributed by atoms with van der Waals surface area (Å²) >= 11 is 0. The second kappa shape index (κ2) is 3.73. The molecule has 1 saturated heterocycles. The van der Waals surface area contributed by atoms with Crippen LogP contribution in [0.5, 0.6) is 0 Å². The van der Waals surface area contributed by atoms with Crippen LogP contribution in [-0.2, 0) is 4.74 Å². The predicted molar refractivity (Wildman–Crippen MR) is 50.1 cm³/mol. The van der Waals surface area contributed by atoms with E-state index >= 15 is 0 Å². The summed E-state index contributed by atoms with van der Waals surface area (Å²) in [4.78, 5) is 2.40. The molecular formula is C9H21N2O+. The molecule has 1 fully saturated rings. The van der Waals surface area contributed by atoms with Crippen molar-refractivity contribution in [1.29, 1.82) is 0 Å². The normalized spacial score (nSPS) is 30.5. The van der Waals surface area contributed by atoms with Crippen LogP contribution in [0, 0.1) is 0 Å². The molecule has 3 nitrogen and oxygen atoms in total. The SMILES string of the molecule is COCC1C[N+](C)(C)CCN1C. The Labute approximate surface area is 75.5 Å². The van der Waals surface area contributed by atoms with Crippen LogP contribution in [0.3, 0.4) is 0 Å². The molecule has 1 aliphatic heterocycles. The smallest absolute Gasteiger partial charge is 0.0963 e. The molecule has 1 unspecified atom stereocenters. The third kappa shape index (κ3) is 2.44. The Morgan fingerprint density at radius 3 is 2.75 bits per heavy atom. The summed E-state index contributed by atoms with van der Waals surface area (Å²) in [5.41, 5.74) is 0. The first-order chi connectivity index (χ1) is 5.55. The number of quaternary nitrogens is 1. The average molecular weight is 173 g/mol. The van der Waals surface area contributed by atoms with Gasteiger partial charge in [0.15, 0.2) is 0 Å². The highest BCUT2D eigenvalue weighted by Gasteiger charge is 2.30. The van der Waals surface area contributed by atoms with Crippen LogP contribution in [0.4, 0.5) is 0 Å². The number of nitrogens with zero attached hydrogens (tertiary/aromatic N) is 2. The molecule has 3 heteroatoms. The lowest BCUT2D eigenvalue weighted by Gasteiger charge is -2.42. The lowest BCUT2D eigenvalue weighted by molar-refractivity contribution is -0.897. The van der Waals surface area contributed by atoms with Gasteiger partial charge in [-0.25, -0.2) is 0 Å². The summed E-state index contributed by atoms with van der Waals surface area (Å²) in [6.45, 7) is 4.49. The molecule has 1 aliphatic rings. The lowest BCUT2D eigenvalue weighted by atomic mass is 10.2. The first-order valence-electron chi connectivity index (χ1n) is 4.56. The number of likely N-dealkylation sites (N-methyl/N-ethyl adjacent to an activating group) is 2. The van der Waals surface area contributed by atoms with Gasteiger partial charge in [0.25, 0.3) is 0 Å². The fourth-order valence-corrected chi connectivity index (χ4v) is 1.78. The van der Waals surface area contributed by atoms with Crippen molar-refractivity contribution in [1.82, 2.24) is 4.90 Å². The van der Waals surface area contributed by atoms with Crippen molar-refractivity contribution in [3.05, 3.63) is 0 Å². The van der Waals surface area contributed by atoms with Gasteiger partial charge in [0.05, 0.1) is 39.8 Å². The third-order valence-corrected chi connectivity index (χ3v) is 2.75. The molecule has 0 bridgehead atoms. The molecule has 1 atom stereocenters. The van der Waals surface area contributed by atoms with Crippen molar-refractivity contribution in [2.45, 2.75) is 6.04 Å². The van der Waals surface area contributed by atoms with E-state index in [-0.39, 0.29) is 0 Å². The van der Waals surface area contributed by atoms with Gasteiger partial charge in [-0.15, -0.1) is 0 Å². The Kier molecular flexibility index (Phi) is 3.09. The standard InChI is InChI=1S/C9H21N2O/c1-10-5-6-11(2,3)7-9(10)8-12-4/h9H,5-8H2,1-4H3/q+1. The van der Waals surface area contributed by atoms with Crippen molar-refractivity contribution in [2.24, 2.45) is 0 Å². The highest BCUT2D eigenvalue weighted by atomic mass is 16.5. The summed E-state index contributed by atoms with van der Waals surface area (Å²) in [5.74, 6) is 0. The Hall–Kier alpha value is -0.120. The maximum absolute atomic E-state index is 5.19. The van der Waals surface area contributed by atoms with Crippen LogP contribution >= 0.6 is 0 Å². The van der Waals surface area contributed by atoms with E-state index < -0.39 is 0 Å². The third-order valence-electron chi connectivity index (χ3n) is 2.75. The van der Waals surface area contributed by atoms with E-state index in [1.165, 1.54) is 19.6 Å². The van der Waals surface area contributed by atoms with Crippen molar-refractivity contribution < 1.29 is 9.22 Å². The molecule has 0 amide bonds. The van der Waals surface area contributed by atoms with Crippen LogP contribution in [0.1, 0.15) is 0 Å². The first kappa shape index (κ1) is 9.96. The first-order valence-corrected chi connectivity index (χ1v) is 4.56. The molecule has 0 radical (unpaired) electrons. The average Bonchev–Trinajstić information content (AvgIpc) is 1.97. The summed E-state index contributed by atoms with van der Waals surface area (Å²) in [6, 6.07) is 0.596. The number of methoxy groups -OCH3 is 1. The molecule has 0 aromatic heterocycles. The van der Waals surface area contributed by atoms with Gasteiger partial charge in [0.1, 0.15) is 0 Å². The van der Waals surface area contributed by atoms with Gasteiger partial charge in [0, 0.05) is 13.7 Å². The van der Waals surface area contributed by atoms with Gasteiger partial charge in [0.2, 0.25) is 0 Å². The van der Waals surface area contributed by atoms with E-state index in [2.05, 4.69) is 26.0 Å². The van der Waals surface area contributed by atoms with Crippen LogP contribution in [0.15, 0.2) is 0 Å². The van der Waals surface area contributed by atoms with Gasteiger partial charge < -0.3 is 9.22 Å². The zero-order valence-electron chi connectivity index (χ0n) is 8.71. The van der Waals surface area contributed by atoms with Gasteiger partial charge in [-0.2, -0.15) is 0 Å². The second-order valence-corrected chi connectivity index (χ2v) is 4.43. The van der Waals surface area contributed by atoms with E-state index in [1.807, 2.05) is 0 Å². The minimum atomic E-state index is 0.596. The molecule has 0 aliphatic carbocycles. The monoisotopic (exact) mass is 173 g/mol. The lowest BCUT2D eigenvalue weighted by Crippen LogP contribution is -2.59. The maximum Gasteiger partial charge on any atom is 0.0963 e. The topological polar surface area (TPSA) is 12.5 Å². The molecule has 0 saturated carbocycles. The molecule has 12 heavy (non-hydrogen) atoms. The van der Waals surface area contributed by atoms with Crippen molar-refractivity contribution in [3.63, 3.8) is 0 Å². The number of ether oxygens (including phenoxy) is 1. The summed E-state index contributed by atoms with van der Waals surface area (Å²) < 4.78 is 6.32. The van der Waals surface area contributed by atoms with Crippen molar-refractivity contribution in [3.8, 4) is 0 Å². The highest BCUT2D eigenvalue weighted by molar-refractivity contribution is 4.71. The van der Waals surface area contributed by atoms with E-state index in [0.717, 1.165) is 11.1 Å². The molecule has 72 valence electrons. The quantitative estimate of drug-likeness (QED) is 0.546. The van der Waals surface area contributed by atoms with E-state index in [0.29, 0.717) is 6.04 Å². The Bertz CT molecular complexity index is 147. The fourth-order valence-electron chi connectivity index (χ4n) is 1.78. The van der Waals surface area contributed by atoms with E-state index in [1.54, 1.807) is 7.11 Å². The molecule has 0 aromatic carbocycles. The van der Waals surface area contributed by atoms with E-state index in [9.17, 15) is 0 Å². The van der Waals surface area contributed by atoms with Gasteiger partial charge in [-0.05, 0) is 7.05 Å². The van der Waals surface area contributed by atoms with Crippen LogP contribution in [-0.4, -0.2) is 69.9 Å². The summed E-state index contributed by atoms with van der Waals surface area (Å²) in [6.07, 6.45) is 0. The molecule has 0 spiro atoms. The van der Waals surface area contributed by atoms with Gasteiger partial charge in [-0.1, -0.05) is 0 Å². The largest absolute Gasteiger partial charge is 0.383 e. The van der Waals surface area contributed by atoms with Crippen molar-refractivity contribution >= 4 is 0 Å². The molecular weight excluding hydrogens is 152 g/mol. The van der Waals surface area contributed by atoms with E-state index in [4.69, 9.17) is 4.74 Å². The van der Waals surface area contributed by atoms with Crippen LogP contribution in [0.25, 0.3) is 0 Å². The zero-order chi connectivity index (χ0) is 9.19. The van der Waals surface area contributed by atoms with Crippen molar-refractivity contribution in [2.75, 3.05) is 54.5 Å². The number of hydrogen-bond acceptors (Lipinski definition) is 2. The maximum atomic E-state index is 5.19. The van der Waals surface area contributed by atoms with Crippen LogP contribution in [0.2, 0.25) is 0 Å². The molecule has 0 N–H and O–H groups in total. The summed E-state index contributed by atoms with van der Waals surface area (Å²) in [7, 11) is 8.54. The predicted octanol–water partition coefficient (Wildman–Crippen LogP) is 0.0232. The Morgan fingerprint density at radius 1 is 1.50 bits per heavy atom.